The molecule has 0 aromatic heterocycles. The van der Waals surface area contributed by atoms with Crippen LogP contribution in [0.1, 0.15) is 31.4 Å². The van der Waals surface area contributed by atoms with Crippen LogP contribution < -0.4 is 15.2 Å². The Morgan fingerprint density at radius 2 is 2.00 bits per heavy atom. The summed E-state index contributed by atoms with van der Waals surface area (Å²) in [6.45, 7) is 5.36. The highest BCUT2D eigenvalue weighted by Crippen LogP contribution is 2.33. The second kappa shape index (κ2) is 5.41. The fraction of sp³-hybridized carbons (Fsp3) is 0.571. The van der Waals surface area contributed by atoms with Gasteiger partial charge in [-0.15, -0.1) is 0 Å². The lowest BCUT2D eigenvalue weighted by molar-refractivity contribution is 0.317. The van der Waals surface area contributed by atoms with Crippen LogP contribution in [0.4, 0.5) is 0 Å². The fourth-order valence-corrected chi connectivity index (χ4v) is 2.37. The van der Waals surface area contributed by atoms with Gasteiger partial charge in [-0.3, -0.25) is 0 Å². The van der Waals surface area contributed by atoms with Crippen molar-refractivity contribution in [3.63, 3.8) is 0 Å². The van der Waals surface area contributed by atoms with Gasteiger partial charge in [-0.2, -0.15) is 0 Å². The van der Waals surface area contributed by atoms with Crippen molar-refractivity contribution in [1.29, 1.82) is 0 Å². The summed E-state index contributed by atoms with van der Waals surface area (Å²) < 4.78 is 11.3. The maximum absolute atomic E-state index is 6.02. The molecule has 0 saturated heterocycles. The zero-order valence-corrected chi connectivity index (χ0v) is 10.7. The van der Waals surface area contributed by atoms with Gasteiger partial charge in [-0.05, 0) is 50.3 Å². The predicted molar refractivity (Wildman–Crippen MR) is 68.8 cm³/mol. The standard InChI is InChI=1S/C14H21NO2/c1-3-16-12-7-10-5-6-11(15)8-13(10)14(9-12)17-4-2/h7,9,11H,3-6,8,15H2,1-2H3/t11-/m0/s1. The third-order valence-corrected chi connectivity index (χ3v) is 3.14. The van der Waals surface area contributed by atoms with Gasteiger partial charge in [-0.1, -0.05) is 0 Å². The van der Waals surface area contributed by atoms with E-state index in [-0.39, 0.29) is 6.04 Å². The molecule has 0 saturated carbocycles. The summed E-state index contributed by atoms with van der Waals surface area (Å²) in [5.41, 5.74) is 8.63. The lowest BCUT2D eigenvalue weighted by Crippen LogP contribution is -2.28. The Hall–Kier alpha value is -1.22. The molecule has 1 atom stereocenters. The van der Waals surface area contributed by atoms with Gasteiger partial charge in [0.15, 0.2) is 0 Å². The van der Waals surface area contributed by atoms with Gasteiger partial charge in [-0.25, -0.2) is 0 Å². The molecule has 2 rings (SSSR count). The van der Waals surface area contributed by atoms with Gasteiger partial charge in [0.1, 0.15) is 11.5 Å². The molecular formula is C14H21NO2. The number of benzene rings is 1. The maximum Gasteiger partial charge on any atom is 0.126 e. The third-order valence-electron chi connectivity index (χ3n) is 3.14. The first-order chi connectivity index (χ1) is 8.24. The number of ether oxygens (including phenoxy) is 2. The molecule has 0 aliphatic heterocycles. The van der Waals surface area contributed by atoms with Crippen LogP contribution in [0.25, 0.3) is 0 Å². The summed E-state index contributed by atoms with van der Waals surface area (Å²) >= 11 is 0. The first-order valence-electron chi connectivity index (χ1n) is 6.41. The normalized spacial score (nSPS) is 18.6. The molecule has 2 N–H and O–H groups in total. The van der Waals surface area contributed by atoms with E-state index in [2.05, 4.69) is 6.07 Å². The third kappa shape index (κ3) is 2.72. The maximum atomic E-state index is 6.02. The van der Waals surface area contributed by atoms with Gasteiger partial charge in [0.05, 0.1) is 13.2 Å². The summed E-state index contributed by atoms with van der Waals surface area (Å²) in [5, 5.41) is 0. The Morgan fingerprint density at radius 1 is 1.24 bits per heavy atom. The smallest absolute Gasteiger partial charge is 0.126 e. The molecule has 0 heterocycles. The van der Waals surface area contributed by atoms with Crippen molar-refractivity contribution in [2.75, 3.05) is 13.2 Å². The predicted octanol–water partition coefficient (Wildman–Crippen LogP) is 2.30. The highest BCUT2D eigenvalue weighted by molar-refractivity contribution is 5.48. The molecule has 0 radical (unpaired) electrons. The monoisotopic (exact) mass is 235 g/mol. The molecule has 1 aliphatic carbocycles. The lowest BCUT2D eigenvalue weighted by atomic mass is 9.88. The molecular weight excluding hydrogens is 214 g/mol. The molecule has 1 aliphatic rings. The van der Waals surface area contributed by atoms with E-state index in [0.29, 0.717) is 13.2 Å². The van der Waals surface area contributed by atoms with E-state index >= 15 is 0 Å². The van der Waals surface area contributed by atoms with E-state index in [0.717, 1.165) is 30.8 Å². The van der Waals surface area contributed by atoms with Gasteiger partial charge in [0.2, 0.25) is 0 Å². The van der Waals surface area contributed by atoms with Crippen LogP contribution in [0.5, 0.6) is 11.5 Å². The quantitative estimate of drug-likeness (QED) is 0.871. The van der Waals surface area contributed by atoms with Crippen LogP contribution in [-0.2, 0) is 12.8 Å². The van der Waals surface area contributed by atoms with Crippen LogP contribution >= 0.6 is 0 Å². The van der Waals surface area contributed by atoms with Crippen molar-refractivity contribution < 1.29 is 9.47 Å². The summed E-state index contributed by atoms with van der Waals surface area (Å²) in [6.07, 6.45) is 2.99. The first kappa shape index (κ1) is 12.2. The van der Waals surface area contributed by atoms with E-state index in [1.165, 1.54) is 11.1 Å². The Kier molecular flexibility index (Phi) is 3.89. The molecule has 0 spiro atoms. The Balaban J connectivity index is 2.36. The molecule has 1 aromatic carbocycles. The van der Waals surface area contributed by atoms with Crippen molar-refractivity contribution in [3.8, 4) is 11.5 Å². The number of nitrogens with two attached hydrogens (primary N) is 1. The van der Waals surface area contributed by atoms with Crippen LogP contribution in [-0.4, -0.2) is 19.3 Å². The van der Waals surface area contributed by atoms with Crippen LogP contribution in [0, 0.1) is 0 Å². The number of aryl methyl sites for hydroxylation is 1. The molecule has 17 heavy (non-hydrogen) atoms. The Morgan fingerprint density at radius 3 is 2.71 bits per heavy atom. The van der Waals surface area contributed by atoms with E-state index in [9.17, 15) is 0 Å². The average molecular weight is 235 g/mol. The van der Waals surface area contributed by atoms with Gasteiger partial charge in [0.25, 0.3) is 0 Å². The van der Waals surface area contributed by atoms with E-state index < -0.39 is 0 Å². The second-order valence-electron chi connectivity index (χ2n) is 4.43. The minimum Gasteiger partial charge on any atom is -0.494 e. The highest BCUT2D eigenvalue weighted by atomic mass is 16.5. The number of fused-ring (bicyclic) bond motifs is 1. The zero-order valence-electron chi connectivity index (χ0n) is 10.7. The SMILES string of the molecule is CCOc1cc2c(c(OCC)c1)C[C@@H](N)CC2. The first-order valence-corrected chi connectivity index (χ1v) is 6.41. The number of hydrogen-bond donors (Lipinski definition) is 1. The summed E-state index contributed by atoms with van der Waals surface area (Å²) in [5.74, 6) is 1.86. The second-order valence-corrected chi connectivity index (χ2v) is 4.43. The molecule has 0 unspecified atom stereocenters. The minimum atomic E-state index is 0.264. The van der Waals surface area contributed by atoms with Crippen molar-refractivity contribution in [1.82, 2.24) is 0 Å². The minimum absolute atomic E-state index is 0.264. The molecule has 3 nitrogen and oxygen atoms in total. The van der Waals surface area contributed by atoms with Crippen LogP contribution in [0.2, 0.25) is 0 Å². The van der Waals surface area contributed by atoms with Crippen LogP contribution in [0.15, 0.2) is 12.1 Å². The summed E-state index contributed by atoms with van der Waals surface area (Å²) in [7, 11) is 0. The molecule has 94 valence electrons. The van der Waals surface area contributed by atoms with Crippen molar-refractivity contribution in [2.45, 2.75) is 39.2 Å². The zero-order chi connectivity index (χ0) is 12.3. The van der Waals surface area contributed by atoms with Crippen LogP contribution in [0.3, 0.4) is 0 Å². The molecule has 0 bridgehead atoms. The van der Waals surface area contributed by atoms with Crippen molar-refractivity contribution in [3.05, 3.63) is 23.3 Å². The molecule has 3 heteroatoms. The van der Waals surface area contributed by atoms with E-state index in [1.807, 2.05) is 19.9 Å². The fourth-order valence-electron chi connectivity index (χ4n) is 2.37. The molecule has 0 fully saturated rings. The molecule has 0 amide bonds. The highest BCUT2D eigenvalue weighted by Gasteiger charge is 2.20. The Bertz CT molecular complexity index is 390. The summed E-state index contributed by atoms with van der Waals surface area (Å²) in [4.78, 5) is 0. The van der Waals surface area contributed by atoms with Crippen molar-refractivity contribution >= 4 is 0 Å². The average Bonchev–Trinajstić information content (AvgIpc) is 2.31. The topological polar surface area (TPSA) is 44.5 Å². The summed E-state index contributed by atoms with van der Waals surface area (Å²) in [6, 6.07) is 4.39. The van der Waals surface area contributed by atoms with E-state index in [1.54, 1.807) is 0 Å². The van der Waals surface area contributed by atoms with E-state index in [4.69, 9.17) is 15.2 Å². The largest absolute Gasteiger partial charge is 0.494 e. The number of hydrogen-bond acceptors (Lipinski definition) is 3. The van der Waals surface area contributed by atoms with Gasteiger partial charge < -0.3 is 15.2 Å². The number of rotatable bonds is 4. The van der Waals surface area contributed by atoms with Crippen molar-refractivity contribution in [2.24, 2.45) is 5.73 Å². The molecule has 1 aromatic rings. The van der Waals surface area contributed by atoms with Gasteiger partial charge >= 0.3 is 0 Å². The van der Waals surface area contributed by atoms with Gasteiger partial charge in [0, 0.05) is 12.1 Å². The Labute approximate surface area is 103 Å². The lowest BCUT2D eigenvalue weighted by Gasteiger charge is -2.24.